The number of hydrogen-bond acceptors (Lipinski definition) is 5. The predicted octanol–water partition coefficient (Wildman–Crippen LogP) is 5.68. The lowest BCUT2D eigenvalue weighted by atomic mass is 10.1. The number of aromatic nitrogens is 3. The van der Waals surface area contributed by atoms with E-state index < -0.39 is 12.7 Å². The highest BCUT2D eigenvalue weighted by Gasteiger charge is 2.23. The van der Waals surface area contributed by atoms with Gasteiger partial charge in [0.05, 0.1) is 33.7 Å². The summed E-state index contributed by atoms with van der Waals surface area (Å²) >= 11 is 1.72. The Bertz CT molecular complexity index is 1390. The van der Waals surface area contributed by atoms with E-state index in [4.69, 9.17) is 5.73 Å². The molecule has 2 aromatic carbocycles. The van der Waals surface area contributed by atoms with Gasteiger partial charge >= 0.3 is 6.18 Å². The number of aryl methyl sites for hydroxylation is 1. The van der Waals surface area contributed by atoms with Crippen molar-refractivity contribution in [1.82, 2.24) is 14.4 Å². The summed E-state index contributed by atoms with van der Waals surface area (Å²) in [6.07, 6.45) is -0.229. The zero-order valence-corrected chi connectivity index (χ0v) is 17.9. The van der Waals surface area contributed by atoms with Gasteiger partial charge in [0.25, 0.3) is 0 Å². The molecule has 5 aromatic rings. The molecular weight excluding hydrogens is 435 g/mol. The number of anilines is 1. The van der Waals surface area contributed by atoms with E-state index in [1.54, 1.807) is 11.3 Å². The summed E-state index contributed by atoms with van der Waals surface area (Å²) in [7, 11) is 0. The van der Waals surface area contributed by atoms with Gasteiger partial charge in [0, 0.05) is 17.4 Å². The Kier molecular flexibility index (Phi) is 5.86. The molecule has 4 N–H and O–H groups in total. The smallest absolute Gasteiger partial charge is 0.399 e. The van der Waals surface area contributed by atoms with Crippen molar-refractivity contribution < 1.29 is 13.2 Å². The molecule has 0 saturated carbocycles. The Morgan fingerprint density at radius 3 is 2.47 bits per heavy atom. The van der Waals surface area contributed by atoms with Crippen LogP contribution in [0.3, 0.4) is 0 Å². The summed E-state index contributed by atoms with van der Waals surface area (Å²) in [5.41, 5.74) is 17.2. The Morgan fingerprint density at radius 1 is 1.00 bits per heavy atom. The standard InChI is InChI=1S/C21H16N4S.C2H4F3N/c1-13-24-18-10-14(5-6-20(18)26-13)15-7-8-25-19(12-23-21(25)11-15)16-3-2-4-17(22)9-16;3-2(4,5)1-6/h2-12H,22H2,1H3;1,6H2. The minimum absolute atomic E-state index is 0.751. The van der Waals surface area contributed by atoms with E-state index in [2.05, 4.69) is 56.6 Å². The lowest BCUT2D eigenvalue weighted by molar-refractivity contribution is -0.118. The largest absolute Gasteiger partial charge is 0.400 e. The van der Waals surface area contributed by atoms with Crippen LogP contribution in [0.15, 0.2) is 67.0 Å². The SMILES string of the molecule is Cc1nc2cc(-c3ccn4c(-c5cccc(N)c5)cnc4c3)ccc2s1.NCC(F)(F)F. The number of rotatable bonds is 2. The topological polar surface area (TPSA) is 82.2 Å². The Labute approximate surface area is 186 Å². The third kappa shape index (κ3) is 4.74. The maximum atomic E-state index is 10.7. The van der Waals surface area contributed by atoms with Gasteiger partial charge in [-0.25, -0.2) is 9.97 Å². The average Bonchev–Trinajstić information content (AvgIpc) is 3.35. The van der Waals surface area contributed by atoms with E-state index in [9.17, 15) is 13.2 Å². The van der Waals surface area contributed by atoms with Crippen LogP contribution in [-0.4, -0.2) is 27.1 Å². The normalized spacial score (nSPS) is 11.5. The van der Waals surface area contributed by atoms with Crippen molar-refractivity contribution in [3.05, 3.63) is 72.0 Å². The number of hydrogen-bond donors (Lipinski definition) is 2. The fourth-order valence-electron chi connectivity index (χ4n) is 3.29. The van der Waals surface area contributed by atoms with Crippen LogP contribution in [0.4, 0.5) is 18.9 Å². The number of imidazole rings is 1. The van der Waals surface area contributed by atoms with Gasteiger partial charge in [0.15, 0.2) is 0 Å². The van der Waals surface area contributed by atoms with Gasteiger partial charge in [-0.3, -0.25) is 4.40 Å². The van der Waals surface area contributed by atoms with Gasteiger partial charge in [-0.15, -0.1) is 11.3 Å². The second-order valence-electron chi connectivity index (χ2n) is 7.15. The Hall–Kier alpha value is -3.43. The number of thiazole rings is 1. The van der Waals surface area contributed by atoms with E-state index in [1.807, 2.05) is 37.4 Å². The number of alkyl halides is 3. The van der Waals surface area contributed by atoms with Crippen molar-refractivity contribution in [3.8, 4) is 22.4 Å². The van der Waals surface area contributed by atoms with Gasteiger partial charge in [0.2, 0.25) is 0 Å². The maximum Gasteiger partial charge on any atom is 0.400 e. The number of halogens is 3. The number of nitrogens with zero attached hydrogens (tertiary/aromatic N) is 3. The van der Waals surface area contributed by atoms with Crippen molar-refractivity contribution in [2.45, 2.75) is 13.1 Å². The molecule has 0 bridgehead atoms. The molecule has 9 heteroatoms. The third-order valence-electron chi connectivity index (χ3n) is 4.75. The second kappa shape index (κ2) is 8.60. The molecule has 0 spiro atoms. The highest BCUT2D eigenvalue weighted by molar-refractivity contribution is 7.18. The minimum Gasteiger partial charge on any atom is -0.399 e. The monoisotopic (exact) mass is 455 g/mol. The van der Waals surface area contributed by atoms with E-state index in [1.165, 1.54) is 4.70 Å². The fourth-order valence-corrected chi connectivity index (χ4v) is 4.10. The molecule has 5 rings (SSSR count). The molecule has 32 heavy (non-hydrogen) atoms. The average molecular weight is 456 g/mol. The molecule has 0 radical (unpaired) electrons. The van der Waals surface area contributed by atoms with Gasteiger partial charge < -0.3 is 11.5 Å². The van der Waals surface area contributed by atoms with Crippen molar-refractivity contribution in [1.29, 1.82) is 0 Å². The Balaban J connectivity index is 0.000000363. The summed E-state index contributed by atoms with van der Waals surface area (Å²) in [4.78, 5) is 9.19. The first-order valence-electron chi connectivity index (χ1n) is 9.71. The molecule has 5 nitrogen and oxygen atoms in total. The summed E-state index contributed by atoms with van der Waals surface area (Å²) in [6, 6.07) is 18.5. The number of nitrogen functional groups attached to an aromatic ring is 1. The molecule has 0 aliphatic rings. The lowest BCUT2D eigenvalue weighted by Crippen LogP contribution is -2.21. The van der Waals surface area contributed by atoms with Crippen LogP contribution in [-0.2, 0) is 0 Å². The van der Waals surface area contributed by atoms with Gasteiger partial charge in [-0.1, -0.05) is 18.2 Å². The van der Waals surface area contributed by atoms with Crippen LogP contribution in [0.25, 0.3) is 38.2 Å². The molecule has 0 amide bonds. The molecule has 164 valence electrons. The first-order valence-corrected chi connectivity index (χ1v) is 10.5. The van der Waals surface area contributed by atoms with Crippen LogP contribution < -0.4 is 11.5 Å². The zero-order chi connectivity index (χ0) is 22.9. The van der Waals surface area contributed by atoms with Crippen molar-refractivity contribution in [2.75, 3.05) is 12.3 Å². The molecule has 0 saturated heterocycles. The van der Waals surface area contributed by atoms with Gasteiger partial charge in [-0.2, -0.15) is 13.2 Å². The maximum absolute atomic E-state index is 10.7. The first kappa shape index (κ1) is 21.8. The summed E-state index contributed by atoms with van der Waals surface area (Å²) in [5.74, 6) is 0. The second-order valence-corrected chi connectivity index (χ2v) is 8.38. The zero-order valence-electron chi connectivity index (χ0n) is 17.1. The molecular formula is C23H20F3N5S. The minimum atomic E-state index is -4.18. The van der Waals surface area contributed by atoms with E-state index in [0.717, 1.165) is 44.2 Å². The molecule has 0 fully saturated rings. The molecule has 0 aliphatic carbocycles. The Morgan fingerprint density at radius 2 is 1.75 bits per heavy atom. The molecule has 0 unspecified atom stereocenters. The first-order chi connectivity index (χ1) is 15.2. The van der Waals surface area contributed by atoms with Crippen molar-refractivity contribution in [3.63, 3.8) is 0 Å². The highest BCUT2D eigenvalue weighted by atomic mass is 32.1. The van der Waals surface area contributed by atoms with Gasteiger partial charge in [-0.05, 0) is 54.4 Å². The fraction of sp³-hybridized carbons (Fsp3) is 0.130. The van der Waals surface area contributed by atoms with Crippen LogP contribution in [0.5, 0.6) is 0 Å². The van der Waals surface area contributed by atoms with E-state index in [-0.39, 0.29) is 0 Å². The van der Waals surface area contributed by atoms with Gasteiger partial charge in [0.1, 0.15) is 5.65 Å². The van der Waals surface area contributed by atoms with Crippen LogP contribution in [0.1, 0.15) is 5.01 Å². The van der Waals surface area contributed by atoms with Crippen molar-refractivity contribution in [2.24, 2.45) is 5.73 Å². The molecule has 3 aromatic heterocycles. The molecule has 0 atom stereocenters. The summed E-state index contributed by atoms with van der Waals surface area (Å²) in [6.45, 7) is 0.811. The number of nitrogens with two attached hydrogens (primary N) is 2. The van der Waals surface area contributed by atoms with Crippen LogP contribution >= 0.6 is 11.3 Å². The van der Waals surface area contributed by atoms with Crippen LogP contribution in [0, 0.1) is 6.92 Å². The number of pyridine rings is 1. The molecule has 0 aliphatic heterocycles. The van der Waals surface area contributed by atoms with E-state index >= 15 is 0 Å². The van der Waals surface area contributed by atoms with E-state index in [0.29, 0.717) is 0 Å². The third-order valence-corrected chi connectivity index (χ3v) is 5.71. The summed E-state index contributed by atoms with van der Waals surface area (Å²) in [5, 5.41) is 1.09. The predicted molar refractivity (Wildman–Crippen MR) is 124 cm³/mol. The lowest BCUT2D eigenvalue weighted by Gasteiger charge is -2.06. The molecule has 3 heterocycles. The number of fused-ring (bicyclic) bond motifs is 2. The van der Waals surface area contributed by atoms with Crippen LogP contribution in [0.2, 0.25) is 0 Å². The highest BCUT2D eigenvalue weighted by Crippen LogP contribution is 2.29. The quantitative estimate of drug-likeness (QED) is 0.336. The number of benzene rings is 2. The van der Waals surface area contributed by atoms with Crippen molar-refractivity contribution >= 4 is 32.9 Å². The summed E-state index contributed by atoms with van der Waals surface area (Å²) < 4.78 is 35.3.